The number of nitrogens with one attached hydrogen (secondary N) is 1. The first-order valence-corrected chi connectivity index (χ1v) is 24.3. The number of carbonyl (C=O) groups excluding carboxylic acids is 6. The predicted molar refractivity (Wildman–Crippen MR) is 251 cm³/mol. The first kappa shape index (κ1) is 62.4. The molecule has 0 radical (unpaired) electrons. The maximum absolute atomic E-state index is 12.5. The Hall–Kier alpha value is -1.59. The molecule has 6 aliphatic rings. The molecule has 6 saturated heterocycles. The summed E-state index contributed by atoms with van der Waals surface area (Å²) in [7, 11) is 0. The average molecular weight is 956 g/mol. The third-order valence-electron chi connectivity index (χ3n) is 12.7. The summed E-state index contributed by atoms with van der Waals surface area (Å²) in [5.74, 6) is -1.12. The standard InChI is InChI=1S/C16H28N2O2.C13H22N2O3.C9H18N2.C5H11.C4H5ClO3.ClH.Mg/c1-4-16(2,3)14(19)15(20)18-11-7-8-13(18)12-17-9-5-6-10-17;1-2-18-13(17)12(16)15-9-5-6-11(15)10-14-7-3-4-8-14;1-2-7-11(6-1)8-9-4-3-5-10-9;1-4-5(2)3;1-2-8-4(7)3(5)6;;/h13H,4-12H2,1-3H3;11H,2-10H2,1H3;9-10H,1-8H2;4H2,1-3H3;2H2,1H3;1H;/q;;;-1;;;+2/p-1/t13-;11-;9-;;;;/m000..../s1. The molecule has 366 valence electrons. The Morgan fingerprint density at radius 2 is 1.02 bits per heavy atom. The molecule has 2 amide bonds. The van der Waals surface area contributed by atoms with Crippen molar-refractivity contribution in [1.82, 2.24) is 29.8 Å². The molecule has 64 heavy (non-hydrogen) atoms. The number of amides is 2. The fourth-order valence-corrected chi connectivity index (χ4v) is 8.43. The summed E-state index contributed by atoms with van der Waals surface area (Å²) in [5, 5.41) is 2.46. The quantitative estimate of drug-likeness (QED) is 0.0952. The van der Waals surface area contributed by atoms with Crippen LogP contribution in [0.15, 0.2) is 0 Å². The van der Waals surface area contributed by atoms with Gasteiger partial charge in [-0.15, -0.1) is 0 Å². The Balaban J connectivity index is 0.000000825. The SMILES string of the molecule is C1CN[C@H](CN2CCCC2)C1.CCC(C)(C)C(=O)C(=O)N1CCC[C@H]1CN1CCCC1.CCOC(=O)C(=O)Cl.CCOC(=O)C(=O)N1CCC[C@H]1CN1CCCC1.CC[C-](C)C.[Cl-].[Mg+2]. The van der Waals surface area contributed by atoms with Gasteiger partial charge >= 0.3 is 46.1 Å². The second-order valence-electron chi connectivity index (χ2n) is 18.2. The van der Waals surface area contributed by atoms with Crippen LogP contribution in [0.25, 0.3) is 0 Å². The Bertz CT molecular complexity index is 1340. The van der Waals surface area contributed by atoms with Crippen LogP contribution in [0.4, 0.5) is 0 Å². The molecular weight excluding hydrogens is 872 g/mol. The van der Waals surface area contributed by atoms with Gasteiger partial charge in [0, 0.05) is 56.3 Å². The molecule has 14 nitrogen and oxygen atoms in total. The summed E-state index contributed by atoms with van der Waals surface area (Å²) < 4.78 is 8.97. The van der Waals surface area contributed by atoms with Crippen molar-refractivity contribution >= 4 is 69.4 Å². The number of ether oxygens (including phenoxy) is 2. The van der Waals surface area contributed by atoms with E-state index in [1.54, 1.807) is 18.7 Å². The number of ketones is 1. The second-order valence-corrected chi connectivity index (χ2v) is 18.6. The molecule has 0 unspecified atom stereocenters. The van der Waals surface area contributed by atoms with Gasteiger partial charge in [-0.3, -0.25) is 19.2 Å². The topological polar surface area (TPSA) is 149 Å². The van der Waals surface area contributed by atoms with Crippen LogP contribution in [0, 0.1) is 11.3 Å². The van der Waals surface area contributed by atoms with E-state index in [9.17, 15) is 28.8 Å². The van der Waals surface area contributed by atoms with E-state index < -0.39 is 28.5 Å². The number of hydrogen-bond acceptors (Lipinski definition) is 12. The molecule has 0 aromatic heterocycles. The molecule has 0 saturated carbocycles. The summed E-state index contributed by atoms with van der Waals surface area (Å²) in [5.41, 5.74) is -0.530. The minimum atomic E-state index is -1.08. The Morgan fingerprint density at radius 3 is 1.36 bits per heavy atom. The van der Waals surface area contributed by atoms with Gasteiger partial charge in [0.25, 0.3) is 5.91 Å². The number of nitrogens with zero attached hydrogens (tertiary/aromatic N) is 5. The fraction of sp³-hybridized carbons (Fsp3) is 0.851. The molecule has 6 aliphatic heterocycles. The van der Waals surface area contributed by atoms with Gasteiger partial charge in [0.2, 0.25) is 5.78 Å². The Kier molecular flexibility index (Phi) is 33.8. The molecule has 6 heterocycles. The maximum Gasteiger partial charge on any atom is 2.00 e. The number of Topliss-reactive ketones (excluding diaryl/α,β-unsaturated/α-hetero) is 1. The van der Waals surface area contributed by atoms with Crippen molar-refractivity contribution in [3.63, 3.8) is 0 Å². The van der Waals surface area contributed by atoms with Crippen LogP contribution in [0.2, 0.25) is 0 Å². The van der Waals surface area contributed by atoms with Gasteiger partial charge in [0.05, 0.1) is 13.2 Å². The van der Waals surface area contributed by atoms with E-state index in [1.165, 1.54) is 89.9 Å². The number of carbonyl (C=O) groups is 6. The summed E-state index contributed by atoms with van der Waals surface area (Å²) in [4.78, 5) is 79.1. The zero-order valence-corrected chi connectivity index (χ0v) is 43.9. The normalized spacial score (nSPS) is 22.0. The van der Waals surface area contributed by atoms with E-state index in [0.717, 1.165) is 77.5 Å². The second kappa shape index (κ2) is 34.7. The number of hydrogen-bond donors (Lipinski definition) is 1. The third-order valence-corrected chi connectivity index (χ3v) is 12.9. The van der Waals surface area contributed by atoms with Gasteiger partial charge in [-0.1, -0.05) is 27.7 Å². The van der Waals surface area contributed by atoms with Gasteiger partial charge < -0.3 is 57.6 Å². The maximum atomic E-state index is 12.5. The van der Waals surface area contributed by atoms with Gasteiger partial charge in [-0.2, -0.15) is 20.3 Å². The number of rotatable bonds is 13. The summed E-state index contributed by atoms with van der Waals surface area (Å²) >= 11 is 4.69. The van der Waals surface area contributed by atoms with Gasteiger partial charge in [0.15, 0.2) is 0 Å². The van der Waals surface area contributed by atoms with Crippen molar-refractivity contribution in [2.45, 2.75) is 163 Å². The number of esters is 2. The molecule has 0 aromatic rings. The van der Waals surface area contributed by atoms with Crippen LogP contribution < -0.4 is 17.7 Å². The molecule has 6 rings (SSSR count). The number of likely N-dealkylation sites (tertiary alicyclic amines) is 5. The molecule has 0 bridgehead atoms. The van der Waals surface area contributed by atoms with Crippen LogP contribution in [0.3, 0.4) is 0 Å². The van der Waals surface area contributed by atoms with Crippen molar-refractivity contribution in [1.29, 1.82) is 0 Å². The predicted octanol–water partition coefficient (Wildman–Crippen LogP) is 2.50. The van der Waals surface area contributed by atoms with Crippen LogP contribution in [0.1, 0.15) is 145 Å². The van der Waals surface area contributed by atoms with E-state index in [0.29, 0.717) is 13.0 Å². The smallest absolute Gasteiger partial charge is 1.00 e. The molecule has 0 spiro atoms. The van der Waals surface area contributed by atoms with Crippen molar-refractivity contribution in [2.24, 2.45) is 5.41 Å². The summed E-state index contributed by atoms with van der Waals surface area (Å²) in [6.07, 6.45) is 16.7. The monoisotopic (exact) mass is 955 g/mol. The van der Waals surface area contributed by atoms with E-state index in [2.05, 4.69) is 45.5 Å². The summed E-state index contributed by atoms with van der Waals surface area (Å²) in [6, 6.07) is 1.25. The van der Waals surface area contributed by atoms with E-state index >= 15 is 0 Å². The van der Waals surface area contributed by atoms with E-state index in [-0.39, 0.29) is 72.4 Å². The fourth-order valence-electron chi connectivity index (χ4n) is 8.38. The van der Waals surface area contributed by atoms with Crippen LogP contribution >= 0.6 is 11.6 Å². The summed E-state index contributed by atoms with van der Waals surface area (Å²) in [6.45, 7) is 29.0. The first-order chi connectivity index (χ1) is 29.6. The number of halogens is 2. The molecule has 0 aromatic carbocycles. The average Bonchev–Trinajstić information content (AvgIpc) is 4.12. The van der Waals surface area contributed by atoms with E-state index in [1.807, 2.05) is 25.7 Å². The van der Waals surface area contributed by atoms with Crippen molar-refractivity contribution in [3.8, 4) is 0 Å². The zero-order chi connectivity index (χ0) is 46.1. The van der Waals surface area contributed by atoms with Crippen LogP contribution in [-0.4, -0.2) is 192 Å². The van der Waals surface area contributed by atoms with Gasteiger partial charge in [-0.05, 0) is 155 Å². The Morgan fingerprint density at radius 1 is 0.609 bits per heavy atom. The molecule has 6 fully saturated rings. The molecule has 17 heteroatoms. The van der Waals surface area contributed by atoms with Gasteiger partial charge in [0.1, 0.15) is 0 Å². The minimum absolute atomic E-state index is 0. The molecule has 3 atom stereocenters. The largest absolute Gasteiger partial charge is 2.00 e. The van der Waals surface area contributed by atoms with Crippen LogP contribution in [-0.2, 0) is 38.2 Å². The first-order valence-electron chi connectivity index (χ1n) is 24.0. The van der Waals surface area contributed by atoms with Crippen molar-refractivity contribution < 1.29 is 50.6 Å². The van der Waals surface area contributed by atoms with Crippen molar-refractivity contribution in [3.05, 3.63) is 5.92 Å². The van der Waals surface area contributed by atoms with Crippen LogP contribution in [0.5, 0.6) is 0 Å². The molecule has 1 N–H and O–H groups in total. The minimum Gasteiger partial charge on any atom is -1.00 e. The van der Waals surface area contributed by atoms with Gasteiger partial charge in [-0.25, -0.2) is 9.59 Å². The molecule has 0 aliphatic carbocycles. The van der Waals surface area contributed by atoms with Crippen molar-refractivity contribution in [2.75, 3.05) is 91.8 Å². The third kappa shape index (κ3) is 23.4. The van der Waals surface area contributed by atoms with E-state index in [4.69, 9.17) is 16.3 Å². The Labute approximate surface area is 414 Å². The molecular formula is C47H84Cl2MgN6O8. The zero-order valence-electron chi connectivity index (χ0n) is 41.0.